The highest BCUT2D eigenvalue weighted by Gasteiger charge is 2.43. The minimum atomic E-state index is -0.937. The molecule has 0 radical (unpaired) electrons. The fourth-order valence-corrected chi connectivity index (χ4v) is 5.18. The molecule has 1 aliphatic heterocycles. The number of hydrogen-bond donors (Lipinski definition) is 3. The Morgan fingerprint density at radius 2 is 1.60 bits per heavy atom. The third-order valence-corrected chi connectivity index (χ3v) is 7.18. The summed E-state index contributed by atoms with van der Waals surface area (Å²) in [7, 11) is 0. The lowest BCUT2D eigenvalue weighted by Crippen LogP contribution is -2.58. The first-order chi connectivity index (χ1) is 18.9. The highest BCUT2D eigenvalue weighted by molar-refractivity contribution is 6.38. The molecule has 2 aliphatic carbocycles. The Bertz CT molecular complexity index is 904. The van der Waals surface area contributed by atoms with Crippen molar-refractivity contribution in [1.29, 1.82) is 0 Å². The van der Waals surface area contributed by atoms with Crippen LogP contribution < -0.4 is 16.0 Å². The van der Waals surface area contributed by atoms with E-state index in [0.29, 0.717) is 31.7 Å². The van der Waals surface area contributed by atoms with Crippen molar-refractivity contribution in [3.05, 3.63) is 12.7 Å². The minimum absolute atomic E-state index is 0.0259. The maximum atomic E-state index is 13.7. The predicted octanol–water partition coefficient (Wildman–Crippen LogP) is 3.63. The van der Waals surface area contributed by atoms with Gasteiger partial charge in [0, 0.05) is 13.1 Å². The summed E-state index contributed by atoms with van der Waals surface area (Å²) in [4.78, 5) is 66.2. The molecule has 3 aliphatic rings. The fourth-order valence-electron chi connectivity index (χ4n) is 5.18. The molecule has 1 unspecified atom stereocenters. The van der Waals surface area contributed by atoms with E-state index in [0.717, 1.165) is 38.5 Å². The van der Waals surface area contributed by atoms with Gasteiger partial charge in [-0.1, -0.05) is 52.0 Å². The van der Waals surface area contributed by atoms with E-state index in [1.807, 2.05) is 0 Å². The molecule has 10 heteroatoms. The molecule has 0 spiro atoms. The van der Waals surface area contributed by atoms with Crippen molar-refractivity contribution in [2.24, 2.45) is 11.8 Å². The Labute approximate surface area is 239 Å². The van der Waals surface area contributed by atoms with E-state index in [1.165, 1.54) is 17.4 Å². The summed E-state index contributed by atoms with van der Waals surface area (Å²) < 4.78 is 5.41. The van der Waals surface area contributed by atoms with E-state index < -0.39 is 47.4 Å². The van der Waals surface area contributed by atoms with Gasteiger partial charge in [0.15, 0.2) is 0 Å². The summed E-state index contributed by atoms with van der Waals surface area (Å²) >= 11 is 0. The number of rotatable bonds is 11. The van der Waals surface area contributed by atoms with E-state index in [9.17, 15) is 24.0 Å². The van der Waals surface area contributed by atoms with Crippen molar-refractivity contribution in [1.82, 2.24) is 20.9 Å². The predicted molar refractivity (Wildman–Crippen MR) is 153 cm³/mol. The first-order valence-electron chi connectivity index (χ1n) is 14.9. The van der Waals surface area contributed by atoms with Gasteiger partial charge < -0.3 is 25.6 Å². The maximum absolute atomic E-state index is 13.7. The number of carbonyl (C=O) groups excluding carboxylic acids is 5. The fraction of sp³-hybridized carbons (Fsp3) is 0.767. The molecule has 10 nitrogen and oxygen atoms in total. The van der Waals surface area contributed by atoms with Gasteiger partial charge in [0.2, 0.25) is 17.6 Å². The number of Topliss-reactive ketones (excluding diaryl/α,β-unsaturated/α-hetero) is 1. The summed E-state index contributed by atoms with van der Waals surface area (Å²) in [6.45, 7) is 13.6. The average Bonchev–Trinajstić information content (AvgIpc) is 3.32. The van der Waals surface area contributed by atoms with E-state index in [1.54, 1.807) is 20.8 Å². The zero-order valence-electron chi connectivity index (χ0n) is 25.1. The van der Waals surface area contributed by atoms with Crippen LogP contribution in [0.3, 0.4) is 0 Å². The van der Waals surface area contributed by atoms with Crippen LogP contribution in [0.25, 0.3) is 0 Å². The molecule has 3 N–H and O–H groups in total. The molecule has 0 aromatic carbocycles. The van der Waals surface area contributed by atoms with Crippen LogP contribution in [0.5, 0.6) is 0 Å². The van der Waals surface area contributed by atoms with Gasteiger partial charge in [-0.15, -0.1) is 6.58 Å². The monoisotopic (exact) mass is 562 g/mol. The standard InChI is InChI=1S/C27H42N4O6.C3H8/c1-5-14-28-24(34)22(32)19(16-17-12-13-17)29-23(33)20-11-8-15-31(20)25(35)21(18-9-6-7-10-18)30-26(36)37-27(2,3)4;1-3-2/h5,17-21H,1,6-16H2,2-4H3,(H,28,34)(H,29,33)(H,30,36);3H2,1-2H3/t19?,20-,21-;/m0./s1. The number of nitrogens with zero attached hydrogens (tertiary/aromatic N) is 1. The number of hydrogen-bond acceptors (Lipinski definition) is 6. The molecule has 2 saturated carbocycles. The van der Waals surface area contributed by atoms with Crippen molar-refractivity contribution in [3.63, 3.8) is 0 Å². The lowest BCUT2D eigenvalue weighted by atomic mass is 9.96. The zero-order valence-corrected chi connectivity index (χ0v) is 25.1. The van der Waals surface area contributed by atoms with Gasteiger partial charge in [0.05, 0.1) is 6.04 Å². The first kappa shape index (κ1) is 33.3. The molecule has 1 heterocycles. The Morgan fingerprint density at radius 3 is 2.15 bits per heavy atom. The van der Waals surface area contributed by atoms with Crippen LogP contribution in [0.2, 0.25) is 0 Å². The molecule has 0 aromatic heterocycles. The SMILES string of the molecule is C=CCNC(=O)C(=O)C(CC1CC1)NC(=O)[C@@H]1CCCN1C(=O)[C@@H](NC(=O)OC(C)(C)C)C1CCCC1.CCC. The summed E-state index contributed by atoms with van der Waals surface area (Å²) in [6.07, 6.45) is 9.07. The van der Waals surface area contributed by atoms with E-state index in [4.69, 9.17) is 4.74 Å². The molecule has 4 amide bonds. The second-order valence-electron chi connectivity index (χ2n) is 12.2. The molecule has 40 heavy (non-hydrogen) atoms. The summed E-state index contributed by atoms with van der Waals surface area (Å²) in [6, 6.07) is -2.48. The molecule has 1 saturated heterocycles. The van der Waals surface area contributed by atoms with Crippen molar-refractivity contribution in [2.75, 3.05) is 13.1 Å². The second kappa shape index (κ2) is 15.8. The van der Waals surface area contributed by atoms with Crippen LogP contribution in [-0.4, -0.2) is 71.3 Å². The molecule has 226 valence electrons. The third kappa shape index (κ3) is 10.6. The summed E-state index contributed by atoms with van der Waals surface area (Å²) in [5, 5.41) is 8.03. The number of carbonyl (C=O) groups is 5. The Hall–Kier alpha value is -2.91. The molecule has 3 rings (SSSR count). The number of ether oxygens (including phenoxy) is 1. The van der Waals surface area contributed by atoms with Crippen molar-refractivity contribution < 1.29 is 28.7 Å². The normalized spacial score (nSPS) is 20.4. The van der Waals surface area contributed by atoms with Crippen LogP contribution in [-0.2, 0) is 23.9 Å². The minimum Gasteiger partial charge on any atom is -0.444 e. The maximum Gasteiger partial charge on any atom is 0.408 e. The van der Waals surface area contributed by atoms with Crippen LogP contribution in [0.1, 0.15) is 98.8 Å². The first-order valence-corrected chi connectivity index (χ1v) is 14.9. The van der Waals surface area contributed by atoms with E-state index in [2.05, 4.69) is 36.4 Å². The van der Waals surface area contributed by atoms with Gasteiger partial charge in [-0.05, 0) is 64.7 Å². The molecule has 0 bridgehead atoms. The van der Waals surface area contributed by atoms with Crippen molar-refractivity contribution in [2.45, 2.75) is 123 Å². The average molecular weight is 563 g/mol. The largest absolute Gasteiger partial charge is 0.444 e. The van der Waals surface area contributed by atoms with Crippen LogP contribution in [0, 0.1) is 11.8 Å². The molecule has 3 atom stereocenters. The van der Waals surface area contributed by atoms with Gasteiger partial charge >= 0.3 is 6.09 Å². The van der Waals surface area contributed by atoms with E-state index in [-0.39, 0.29) is 18.4 Å². The lowest BCUT2D eigenvalue weighted by Gasteiger charge is -2.32. The van der Waals surface area contributed by atoms with Crippen molar-refractivity contribution in [3.8, 4) is 0 Å². The summed E-state index contributed by atoms with van der Waals surface area (Å²) in [5.74, 6) is -1.91. The highest BCUT2D eigenvalue weighted by atomic mass is 16.6. The molecule has 3 fully saturated rings. The van der Waals surface area contributed by atoms with Gasteiger partial charge in [0.25, 0.3) is 5.91 Å². The molecular formula is C30H50N4O6. The van der Waals surface area contributed by atoms with Gasteiger partial charge in [-0.25, -0.2) is 4.79 Å². The Balaban J connectivity index is 0.00000178. The number of amides is 4. The van der Waals surface area contributed by atoms with Crippen LogP contribution in [0.15, 0.2) is 12.7 Å². The lowest BCUT2D eigenvalue weighted by molar-refractivity contribution is -0.143. The quantitative estimate of drug-likeness (QED) is 0.260. The number of nitrogens with one attached hydrogen (secondary N) is 3. The number of alkyl carbamates (subject to hydrolysis) is 1. The number of ketones is 1. The highest BCUT2D eigenvalue weighted by Crippen LogP contribution is 2.34. The zero-order chi connectivity index (χ0) is 29.9. The third-order valence-electron chi connectivity index (χ3n) is 7.18. The molecular weight excluding hydrogens is 512 g/mol. The van der Waals surface area contributed by atoms with Gasteiger partial charge in [-0.2, -0.15) is 0 Å². The topological polar surface area (TPSA) is 134 Å². The van der Waals surface area contributed by atoms with Crippen LogP contribution >= 0.6 is 0 Å². The van der Waals surface area contributed by atoms with E-state index >= 15 is 0 Å². The van der Waals surface area contributed by atoms with Gasteiger partial charge in [0.1, 0.15) is 17.7 Å². The molecule has 0 aromatic rings. The second-order valence-corrected chi connectivity index (χ2v) is 12.2. The van der Waals surface area contributed by atoms with Gasteiger partial charge in [-0.3, -0.25) is 19.2 Å². The summed E-state index contributed by atoms with van der Waals surface area (Å²) in [5.41, 5.74) is -0.704. The Kier molecular flexibility index (Phi) is 13.1. The van der Waals surface area contributed by atoms with Crippen molar-refractivity contribution >= 4 is 29.6 Å². The Morgan fingerprint density at radius 1 is 0.975 bits per heavy atom. The number of likely N-dealkylation sites (tertiary alicyclic amines) is 1. The van der Waals surface area contributed by atoms with Crippen LogP contribution in [0.4, 0.5) is 4.79 Å². The smallest absolute Gasteiger partial charge is 0.408 e.